The Morgan fingerprint density at radius 1 is 1.18 bits per heavy atom. The first kappa shape index (κ1) is 14.8. The number of thiazole rings is 1. The number of benzene rings is 1. The molecule has 1 amide bonds. The second kappa shape index (κ2) is 6.33. The fourth-order valence-corrected chi connectivity index (χ4v) is 3.48. The summed E-state index contributed by atoms with van der Waals surface area (Å²) in [5, 5.41) is 7.17. The van der Waals surface area contributed by atoms with Gasteiger partial charge in [0.15, 0.2) is 11.6 Å². The topological polar surface area (TPSA) is 42.0 Å². The van der Waals surface area contributed by atoms with Crippen LogP contribution in [0.2, 0.25) is 0 Å². The van der Waals surface area contributed by atoms with Crippen LogP contribution in [-0.4, -0.2) is 10.9 Å². The molecule has 2 heterocycles. The minimum Gasteiger partial charge on any atom is -0.326 e. The van der Waals surface area contributed by atoms with Gasteiger partial charge in [0.05, 0.1) is 17.0 Å². The molecule has 0 saturated carbocycles. The Balaban J connectivity index is 1.65. The Morgan fingerprint density at radius 2 is 2.05 bits per heavy atom. The fourth-order valence-electron chi connectivity index (χ4n) is 1.85. The van der Waals surface area contributed by atoms with E-state index in [1.54, 1.807) is 11.3 Å². The molecule has 3 rings (SSSR count). The number of hydrogen-bond acceptors (Lipinski definition) is 4. The number of thiophene rings is 1. The van der Waals surface area contributed by atoms with Gasteiger partial charge in [-0.3, -0.25) is 4.79 Å². The minimum absolute atomic E-state index is 0.0842. The highest BCUT2D eigenvalue weighted by atomic mass is 32.1. The van der Waals surface area contributed by atoms with Gasteiger partial charge < -0.3 is 5.32 Å². The summed E-state index contributed by atoms with van der Waals surface area (Å²) in [6.45, 7) is 0. The summed E-state index contributed by atoms with van der Waals surface area (Å²) >= 11 is 3.05. The maximum Gasteiger partial charge on any atom is 0.230 e. The molecule has 1 N–H and O–H groups in total. The van der Waals surface area contributed by atoms with E-state index in [4.69, 9.17) is 0 Å². The van der Waals surface area contributed by atoms with Gasteiger partial charge in [-0.1, -0.05) is 6.07 Å². The Labute approximate surface area is 133 Å². The van der Waals surface area contributed by atoms with Gasteiger partial charge in [0, 0.05) is 17.1 Å². The van der Waals surface area contributed by atoms with Gasteiger partial charge in [0.2, 0.25) is 5.91 Å². The molecule has 3 aromatic rings. The first-order valence-corrected chi connectivity index (χ1v) is 8.11. The largest absolute Gasteiger partial charge is 0.326 e. The van der Waals surface area contributed by atoms with E-state index in [-0.39, 0.29) is 18.0 Å². The highest BCUT2D eigenvalue weighted by molar-refractivity contribution is 7.20. The molecule has 7 heteroatoms. The smallest absolute Gasteiger partial charge is 0.230 e. The Morgan fingerprint density at radius 3 is 2.77 bits per heavy atom. The third-order valence-corrected chi connectivity index (χ3v) is 4.76. The number of aromatic nitrogens is 1. The highest BCUT2D eigenvalue weighted by Crippen LogP contribution is 2.28. The summed E-state index contributed by atoms with van der Waals surface area (Å²) in [5.41, 5.74) is 0.867. The van der Waals surface area contributed by atoms with Gasteiger partial charge in [0.25, 0.3) is 0 Å². The van der Waals surface area contributed by atoms with Crippen LogP contribution in [0.4, 0.5) is 14.5 Å². The number of amides is 1. The summed E-state index contributed by atoms with van der Waals surface area (Å²) < 4.78 is 25.9. The number of carbonyl (C=O) groups is 1. The molecule has 1 aromatic carbocycles. The van der Waals surface area contributed by atoms with Gasteiger partial charge >= 0.3 is 0 Å². The van der Waals surface area contributed by atoms with E-state index in [9.17, 15) is 13.6 Å². The first-order chi connectivity index (χ1) is 10.6. The number of halogens is 2. The molecule has 0 bridgehead atoms. The van der Waals surface area contributed by atoms with Crippen LogP contribution < -0.4 is 5.32 Å². The molecular weight excluding hydrogens is 326 g/mol. The number of hydrogen-bond donors (Lipinski definition) is 1. The summed E-state index contributed by atoms with van der Waals surface area (Å²) in [7, 11) is 0. The maximum atomic E-state index is 13.1. The maximum absolute atomic E-state index is 13.1. The van der Waals surface area contributed by atoms with Crippen LogP contribution in [0.5, 0.6) is 0 Å². The van der Waals surface area contributed by atoms with Crippen molar-refractivity contribution in [3.8, 4) is 9.88 Å². The first-order valence-electron chi connectivity index (χ1n) is 6.35. The summed E-state index contributed by atoms with van der Waals surface area (Å²) in [4.78, 5) is 17.4. The van der Waals surface area contributed by atoms with Crippen molar-refractivity contribution in [2.75, 3.05) is 5.32 Å². The summed E-state index contributed by atoms with van der Waals surface area (Å²) in [6, 6.07) is 7.15. The molecule has 0 saturated heterocycles. The minimum atomic E-state index is -0.994. The van der Waals surface area contributed by atoms with Crippen LogP contribution in [-0.2, 0) is 11.2 Å². The number of nitrogens with zero attached hydrogens (tertiary/aromatic N) is 1. The van der Waals surface area contributed by atoms with Gasteiger partial charge in [-0.2, -0.15) is 0 Å². The molecule has 112 valence electrons. The number of rotatable bonds is 4. The number of nitrogens with one attached hydrogen (secondary N) is 1. The van der Waals surface area contributed by atoms with Crippen molar-refractivity contribution < 1.29 is 13.6 Å². The lowest BCUT2D eigenvalue weighted by Gasteiger charge is -2.04. The van der Waals surface area contributed by atoms with Crippen LogP contribution in [0.1, 0.15) is 5.69 Å². The second-order valence-electron chi connectivity index (χ2n) is 4.48. The van der Waals surface area contributed by atoms with Crippen molar-refractivity contribution in [1.82, 2.24) is 4.98 Å². The average Bonchev–Trinajstić information content (AvgIpc) is 3.13. The van der Waals surface area contributed by atoms with Crippen molar-refractivity contribution in [2.45, 2.75) is 6.42 Å². The number of anilines is 1. The molecule has 22 heavy (non-hydrogen) atoms. The van der Waals surface area contributed by atoms with Crippen molar-refractivity contribution in [3.05, 3.63) is 58.4 Å². The molecule has 2 aromatic heterocycles. The third kappa shape index (κ3) is 3.37. The van der Waals surface area contributed by atoms with Crippen molar-refractivity contribution in [3.63, 3.8) is 0 Å². The van der Waals surface area contributed by atoms with Crippen LogP contribution in [0.3, 0.4) is 0 Å². The molecular formula is C15H10F2N2OS2. The molecule has 3 nitrogen and oxygen atoms in total. The Bertz CT molecular complexity index is 800. The predicted molar refractivity (Wildman–Crippen MR) is 84.1 cm³/mol. The fraction of sp³-hybridized carbons (Fsp3) is 0.0667. The molecule has 0 aliphatic rings. The van der Waals surface area contributed by atoms with E-state index in [2.05, 4.69) is 10.3 Å². The Hall–Kier alpha value is -2.12. The van der Waals surface area contributed by atoms with Crippen LogP contribution in [0.25, 0.3) is 9.88 Å². The summed E-state index contributed by atoms with van der Waals surface area (Å²) in [6.07, 6.45) is 0.0842. The molecule has 0 unspecified atom stereocenters. The lowest BCUT2D eigenvalue weighted by atomic mass is 10.2. The van der Waals surface area contributed by atoms with Gasteiger partial charge in [-0.25, -0.2) is 13.8 Å². The van der Waals surface area contributed by atoms with Gasteiger partial charge in [0.1, 0.15) is 5.01 Å². The van der Waals surface area contributed by atoms with E-state index in [1.165, 1.54) is 17.4 Å². The molecule has 0 radical (unpaired) electrons. The average molecular weight is 336 g/mol. The number of carbonyl (C=O) groups excluding carboxylic acids is 1. The van der Waals surface area contributed by atoms with Crippen LogP contribution in [0.15, 0.2) is 41.1 Å². The van der Waals surface area contributed by atoms with Crippen LogP contribution >= 0.6 is 22.7 Å². The normalized spacial score (nSPS) is 10.6. The van der Waals surface area contributed by atoms with Crippen molar-refractivity contribution in [2.24, 2.45) is 0 Å². The quantitative estimate of drug-likeness (QED) is 0.770. The van der Waals surface area contributed by atoms with Crippen molar-refractivity contribution in [1.29, 1.82) is 0 Å². The van der Waals surface area contributed by atoms with Gasteiger partial charge in [-0.15, -0.1) is 22.7 Å². The van der Waals surface area contributed by atoms with E-state index in [0.717, 1.165) is 22.0 Å². The highest BCUT2D eigenvalue weighted by Gasteiger charge is 2.11. The lowest BCUT2D eigenvalue weighted by molar-refractivity contribution is -0.115. The zero-order valence-corrected chi connectivity index (χ0v) is 12.8. The zero-order chi connectivity index (χ0) is 15.5. The molecule has 0 aliphatic carbocycles. The Kier molecular flexibility index (Phi) is 4.26. The van der Waals surface area contributed by atoms with Crippen molar-refractivity contribution >= 4 is 34.3 Å². The zero-order valence-electron chi connectivity index (χ0n) is 11.2. The van der Waals surface area contributed by atoms with Crippen LogP contribution in [0, 0.1) is 11.6 Å². The predicted octanol–water partition coefficient (Wildman–Crippen LogP) is 4.33. The standard InChI is InChI=1S/C15H10F2N2OS2/c16-11-4-3-9(6-12(11)17)18-14(20)7-10-8-22-15(19-10)13-2-1-5-21-13/h1-6,8H,7H2,(H,18,20). The summed E-state index contributed by atoms with van der Waals surface area (Å²) in [5.74, 6) is -2.27. The molecule has 0 spiro atoms. The SMILES string of the molecule is O=C(Cc1csc(-c2cccs2)n1)Nc1ccc(F)c(F)c1. The van der Waals surface area contributed by atoms with E-state index in [0.29, 0.717) is 5.69 Å². The van der Waals surface area contributed by atoms with Gasteiger partial charge in [-0.05, 0) is 23.6 Å². The van der Waals surface area contributed by atoms with E-state index >= 15 is 0 Å². The molecule has 0 fully saturated rings. The second-order valence-corrected chi connectivity index (χ2v) is 6.28. The van der Waals surface area contributed by atoms with E-state index < -0.39 is 11.6 Å². The van der Waals surface area contributed by atoms with E-state index in [1.807, 2.05) is 22.9 Å². The monoisotopic (exact) mass is 336 g/mol. The third-order valence-electron chi connectivity index (χ3n) is 2.83. The lowest BCUT2D eigenvalue weighted by Crippen LogP contribution is -2.14. The molecule has 0 atom stereocenters. The molecule has 0 aliphatic heterocycles.